The van der Waals surface area contributed by atoms with Gasteiger partial charge in [-0.1, -0.05) is 0 Å². The van der Waals surface area contributed by atoms with E-state index in [2.05, 4.69) is 5.32 Å². The van der Waals surface area contributed by atoms with Crippen molar-refractivity contribution < 1.29 is 67.3 Å². The summed E-state index contributed by atoms with van der Waals surface area (Å²) in [5, 5.41) is 11.9. The van der Waals surface area contributed by atoms with E-state index in [4.69, 9.17) is 10.8 Å². The number of aliphatic hydroxyl groups excluding tert-OH is 1. The average Bonchev–Trinajstić information content (AvgIpc) is 1.94. The van der Waals surface area contributed by atoms with Gasteiger partial charge in [0.25, 0.3) is 0 Å². The van der Waals surface area contributed by atoms with Crippen LogP contribution in [0.2, 0.25) is 0 Å². The Morgan fingerprint density at radius 3 is 1.82 bits per heavy atom. The second-order valence-electron chi connectivity index (χ2n) is 1.82. The standard InChI is InChI=1S/C5H10NO.CH4N.2U/c7-5-1-3-6-4-2-5;1-2;;/h6-7H,1-4H2;2H,1H3;;/q2*-1;;+2. The van der Waals surface area contributed by atoms with Gasteiger partial charge in [0.2, 0.25) is 0 Å². The van der Waals surface area contributed by atoms with E-state index in [0.717, 1.165) is 25.9 Å². The van der Waals surface area contributed by atoms with Crippen LogP contribution < -0.4 is 5.32 Å². The summed E-state index contributed by atoms with van der Waals surface area (Å²) >= 11 is 0. The summed E-state index contributed by atoms with van der Waals surface area (Å²) < 4.78 is 0. The molecule has 1 heterocycles. The Balaban J connectivity index is -0.000000149. The molecule has 1 saturated heterocycles. The third-order valence-electron chi connectivity index (χ3n) is 1.18. The maximum Gasteiger partial charge on any atom is 2.00 e. The summed E-state index contributed by atoms with van der Waals surface area (Å²) in [5.74, 6) is 0. The van der Waals surface area contributed by atoms with Gasteiger partial charge < -0.3 is 16.2 Å². The number of hydrogen-bond donors (Lipinski definition) is 2. The van der Waals surface area contributed by atoms with Crippen LogP contribution in [0.15, 0.2) is 0 Å². The molecule has 1 rings (SSSR count). The second kappa shape index (κ2) is 14.5. The molecule has 0 amide bonds. The van der Waals surface area contributed by atoms with E-state index in [0.29, 0.717) is 6.10 Å². The van der Waals surface area contributed by atoms with Crippen LogP contribution in [0.4, 0.5) is 0 Å². The Kier molecular flexibility index (Phi) is 24.7. The van der Waals surface area contributed by atoms with Crippen LogP contribution in [0.3, 0.4) is 0 Å². The molecule has 11 heavy (non-hydrogen) atoms. The monoisotopic (exact) mass is 606 g/mol. The zero-order valence-corrected chi connectivity index (χ0v) is 15.1. The van der Waals surface area contributed by atoms with E-state index >= 15 is 0 Å². The number of nitrogens with one attached hydrogen (secondary N) is 2. The second-order valence-corrected chi connectivity index (χ2v) is 1.82. The maximum atomic E-state index is 8.79. The van der Waals surface area contributed by atoms with Crippen LogP contribution in [0, 0.1) is 68.3 Å². The largest absolute Gasteiger partial charge is 2.00 e. The molecule has 0 spiro atoms. The molecule has 62 valence electrons. The Hall–Kier alpha value is 1.98. The zero-order chi connectivity index (χ0) is 7.11. The minimum absolute atomic E-state index is 0. The summed E-state index contributed by atoms with van der Waals surface area (Å²) in [6.45, 7) is 1.90. The van der Waals surface area contributed by atoms with E-state index in [9.17, 15) is 0 Å². The molecule has 1 aliphatic rings. The first kappa shape index (κ1) is 18.7. The molecule has 5 heteroatoms. The van der Waals surface area contributed by atoms with Crippen LogP contribution in [0.1, 0.15) is 12.8 Å². The van der Waals surface area contributed by atoms with E-state index in [-0.39, 0.29) is 62.2 Å². The Bertz CT molecular complexity index is 60.5. The first-order chi connectivity index (χ1) is 4.39. The van der Waals surface area contributed by atoms with Crippen molar-refractivity contribution in [3.63, 3.8) is 0 Å². The van der Waals surface area contributed by atoms with Crippen molar-refractivity contribution in [2.24, 2.45) is 0 Å². The molecule has 1 fully saturated rings. The molecule has 0 aromatic rings. The van der Waals surface area contributed by atoms with Gasteiger partial charge in [0.05, 0.1) is 0 Å². The van der Waals surface area contributed by atoms with Crippen LogP contribution in [-0.4, -0.2) is 25.2 Å². The normalized spacial score (nSPS) is 16.6. The summed E-state index contributed by atoms with van der Waals surface area (Å²) in [5.41, 5.74) is 5.75. The smallest absolute Gasteiger partial charge is 0.680 e. The van der Waals surface area contributed by atoms with Crippen LogP contribution in [-0.2, 0) is 0 Å². The topological polar surface area (TPSA) is 56.1 Å². The molecule has 0 bridgehead atoms. The van der Waals surface area contributed by atoms with Gasteiger partial charge in [-0.3, -0.25) is 0 Å². The average molecular weight is 606 g/mol. The van der Waals surface area contributed by atoms with E-state index < -0.39 is 0 Å². The predicted octanol–water partition coefficient (Wildman–Crippen LogP) is 0.943. The quantitative estimate of drug-likeness (QED) is 0.404. The molecular weight excluding hydrogens is 592 g/mol. The molecular formula is C6H14N2OU2. The van der Waals surface area contributed by atoms with Gasteiger partial charge in [-0.15, -0.1) is 12.8 Å². The number of rotatable bonds is 0. The number of hydrogen-bond acceptors (Lipinski definition) is 2. The van der Waals surface area contributed by atoms with Crippen molar-refractivity contribution >= 4 is 0 Å². The molecule has 3 nitrogen and oxygen atoms in total. The zero-order valence-electron chi connectivity index (χ0n) is 6.78. The predicted molar refractivity (Wildman–Crippen MR) is 37.5 cm³/mol. The van der Waals surface area contributed by atoms with E-state index in [1.54, 1.807) is 0 Å². The Morgan fingerprint density at radius 1 is 1.27 bits per heavy atom. The molecule has 3 N–H and O–H groups in total. The SMILES string of the molecule is C[NH-].O[C-]1CCNCC1.[U+2].[U]. The van der Waals surface area contributed by atoms with Crippen molar-refractivity contribution in [2.45, 2.75) is 12.8 Å². The van der Waals surface area contributed by atoms with Gasteiger partial charge in [0.1, 0.15) is 0 Å². The third-order valence-corrected chi connectivity index (χ3v) is 1.18. The minimum atomic E-state index is 0. The van der Waals surface area contributed by atoms with Gasteiger partial charge >= 0.3 is 31.1 Å². The van der Waals surface area contributed by atoms with Crippen LogP contribution in [0.25, 0.3) is 5.73 Å². The maximum absolute atomic E-state index is 8.79. The summed E-state index contributed by atoms with van der Waals surface area (Å²) in [6, 6.07) is 0. The fourth-order valence-corrected chi connectivity index (χ4v) is 0.715. The van der Waals surface area contributed by atoms with Crippen molar-refractivity contribution in [2.75, 3.05) is 20.1 Å². The summed E-state index contributed by atoms with van der Waals surface area (Å²) in [6.07, 6.45) is 2.35. The molecule has 0 radical (unpaired) electrons. The molecule has 0 aliphatic carbocycles. The first-order valence-corrected chi connectivity index (χ1v) is 3.14. The van der Waals surface area contributed by atoms with Crippen molar-refractivity contribution in [3.8, 4) is 0 Å². The molecule has 0 saturated carbocycles. The summed E-state index contributed by atoms with van der Waals surface area (Å²) in [7, 11) is 1.25. The fourth-order valence-electron chi connectivity index (χ4n) is 0.715. The minimum Gasteiger partial charge on any atom is -0.680 e. The first-order valence-electron chi connectivity index (χ1n) is 3.14. The number of aliphatic hydroxyl groups is 1. The van der Waals surface area contributed by atoms with Crippen molar-refractivity contribution in [3.05, 3.63) is 11.8 Å². The van der Waals surface area contributed by atoms with Crippen molar-refractivity contribution in [1.29, 1.82) is 0 Å². The van der Waals surface area contributed by atoms with E-state index in [1.807, 2.05) is 0 Å². The van der Waals surface area contributed by atoms with E-state index in [1.165, 1.54) is 7.05 Å². The van der Waals surface area contributed by atoms with Gasteiger partial charge in [-0.2, -0.15) is 13.2 Å². The molecule has 0 atom stereocenters. The van der Waals surface area contributed by atoms with Gasteiger partial charge in [0, 0.05) is 31.1 Å². The third kappa shape index (κ3) is 12.0. The van der Waals surface area contributed by atoms with Crippen LogP contribution in [0.5, 0.6) is 0 Å². The van der Waals surface area contributed by atoms with Crippen LogP contribution >= 0.6 is 0 Å². The van der Waals surface area contributed by atoms with Gasteiger partial charge in [0.15, 0.2) is 0 Å². The van der Waals surface area contributed by atoms with Gasteiger partial charge in [-0.25, -0.2) is 0 Å². The molecule has 0 aromatic heterocycles. The molecule has 0 unspecified atom stereocenters. The summed E-state index contributed by atoms with van der Waals surface area (Å²) in [4.78, 5) is 0. The molecule has 1 aliphatic heterocycles. The van der Waals surface area contributed by atoms with Gasteiger partial charge in [-0.05, 0) is 13.1 Å². The number of piperidine rings is 1. The Morgan fingerprint density at radius 2 is 1.64 bits per heavy atom. The fraction of sp³-hybridized carbons (Fsp3) is 0.833. The Labute approximate surface area is 116 Å². The molecule has 0 aromatic carbocycles. The van der Waals surface area contributed by atoms with Crippen molar-refractivity contribution in [1.82, 2.24) is 5.32 Å².